The molecule has 1 saturated carbocycles. The highest BCUT2D eigenvalue weighted by atomic mass is 16.5. The molecule has 72 valence electrons. The van der Waals surface area contributed by atoms with Gasteiger partial charge in [-0.1, -0.05) is 0 Å². The summed E-state index contributed by atoms with van der Waals surface area (Å²) in [5.41, 5.74) is 0. The molecule has 0 aromatic carbocycles. The van der Waals surface area contributed by atoms with Crippen LogP contribution in [0.4, 0.5) is 0 Å². The van der Waals surface area contributed by atoms with Crippen molar-refractivity contribution >= 4 is 0 Å². The zero-order valence-corrected chi connectivity index (χ0v) is 8.17. The summed E-state index contributed by atoms with van der Waals surface area (Å²) in [7, 11) is 3.52. The summed E-state index contributed by atoms with van der Waals surface area (Å²) >= 11 is 0. The van der Waals surface area contributed by atoms with Crippen molar-refractivity contribution in [2.24, 2.45) is 0 Å². The van der Waals surface area contributed by atoms with Crippen molar-refractivity contribution in [1.82, 2.24) is 5.32 Å². The van der Waals surface area contributed by atoms with Crippen LogP contribution in [-0.4, -0.2) is 39.0 Å². The lowest BCUT2D eigenvalue weighted by Crippen LogP contribution is -2.47. The molecule has 1 unspecified atom stereocenters. The van der Waals surface area contributed by atoms with Crippen LogP contribution < -0.4 is 5.32 Å². The van der Waals surface area contributed by atoms with Crippen LogP contribution in [0.3, 0.4) is 0 Å². The average molecular weight is 173 g/mol. The predicted octanol–water partition coefficient (Wildman–Crippen LogP) is 0.788. The first kappa shape index (κ1) is 9.96. The first-order valence-electron chi connectivity index (χ1n) is 4.55. The quantitative estimate of drug-likeness (QED) is 0.666. The summed E-state index contributed by atoms with van der Waals surface area (Å²) in [4.78, 5) is 0. The number of hydrogen-bond donors (Lipinski definition) is 1. The van der Waals surface area contributed by atoms with Gasteiger partial charge in [0.1, 0.15) is 0 Å². The van der Waals surface area contributed by atoms with Crippen LogP contribution in [0, 0.1) is 0 Å². The summed E-state index contributed by atoms with van der Waals surface area (Å²) in [5, 5.41) is 3.43. The Morgan fingerprint density at radius 2 is 2.08 bits per heavy atom. The first-order chi connectivity index (χ1) is 5.76. The van der Waals surface area contributed by atoms with Crippen LogP contribution in [-0.2, 0) is 9.47 Å². The molecular formula is C9H19NO2. The maximum atomic E-state index is 5.18. The number of rotatable bonds is 5. The number of hydrogen-bond acceptors (Lipinski definition) is 3. The Kier molecular flexibility index (Phi) is 3.98. The van der Waals surface area contributed by atoms with Gasteiger partial charge in [0, 0.05) is 26.8 Å². The Morgan fingerprint density at radius 3 is 2.58 bits per heavy atom. The molecule has 1 aliphatic carbocycles. The maximum absolute atomic E-state index is 5.18. The minimum Gasteiger partial charge on any atom is -0.381 e. The minimum atomic E-state index is 0.312. The van der Waals surface area contributed by atoms with E-state index in [9.17, 15) is 0 Å². The molecule has 0 aliphatic heterocycles. The SMILES string of the molecule is COC(C)CNC1CC(OC)C1. The molecule has 1 fully saturated rings. The summed E-state index contributed by atoms with van der Waals surface area (Å²) < 4.78 is 10.3. The van der Waals surface area contributed by atoms with Crippen molar-refractivity contribution in [3.05, 3.63) is 0 Å². The summed E-state index contributed by atoms with van der Waals surface area (Å²) in [5.74, 6) is 0. The molecule has 0 spiro atoms. The van der Waals surface area contributed by atoms with Gasteiger partial charge in [0.25, 0.3) is 0 Å². The van der Waals surface area contributed by atoms with Gasteiger partial charge in [0.05, 0.1) is 12.2 Å². The van der Waals surface area contributed by atoms with Gasteiger partial charge < -0.3 is 14.8 Å². The Bertz CT molecular complexity index is 124. The van der Waals surface area contributed by atoms with E-state index in [0.717, 1.165) is 19.4 Å². The normalized spacial score (nSPS) is 31.2. The van der Waals surface area contributed by atoms with Crippen molar-refractivity contribution in [2.45, 2.75) is 38.0 Å². The Morgan fingerprint density at radius 1 is 1.42 bits per heavy atom. The fourth-order valence-electron chi connectivity index (χ4n) is 1.34. The first-order valence-corrected chi connectivity index (χ1v) is 4.55. The van der Waals surface area contributed by atoms with Gasteiger partial charge >= 0.3 is 0 Å². The van der Waals surface area contributed by atoms with Gasteiger partial charge in [-0.05, 0) is 19.8 Å². The lowest BCUT2D eigenvalue weighted by atomic mass is 9.89. The number of ether oxygens (including phenoxy) is 2. The van der Waals surface area contributed by atoms with E-state index in [-0.39, 0.29) is 0 Å². The smallest absolute Gasteiger partial charge is 0.0667 e. The van der Waals surface area contributed by atoms with Crippen molar-refractivity contribution in [2.75, 3.05) is 20.8 Å². The lowest BCUT2D eigenvalue weighted by molar-refractivity contribution is 0.0124. The van der Waals surface area contributed by atoms with E-state index < -0.39 is 0 Å². The topological polar surface area (TPSA) is 30.5 Å². The number of nitrogens with one attached hydrogen (secondary N) is 1. The van der Waals surface area contributed by atoms with Gasteiger partial charge in [0.15, 0.2) is 0 Å². The van der Waals surface area contributed by atoms with E-state index in [1.807, 2.05) is 0 Å². The largest absolute Gasteiger partial charge is 0.381 e. The Balaban J connectivity index is 1.96. The predicted molar refractivity (Wildman–Crippen MR) is 48.3 cm³/mol. The summed E-state index contributed by atoms with van der Waals surface area (Å²) in [6.07, 6.45) is 3.09. The fraction of sp³-hybridized carbons (Fsp3) is 1.00. The highest BCUT2D eigenvalue weighted by Crippen LogP contribution is 2.22. The van der Waals surface area contributed by atoms with E-state index in [1.54, 1.807) is 14.2 Å². The van der Waals surface area contributed by atoms with Crippen LogP contribution in [0.25, 0.3) is 0 Å². The molecule has 0 heterocycles. The highest BCUT2D eigenvalue weighted by molar-refractivity contribution is 4.85. The standard InChI is InChI=1S/C9H19NO2/c1-7(11-2)6-10-8-4-9(5-8)12-3/h7-10H,4-6H2,1-3H3. The lowest BCUT2D eigenvalue weighted by Gasteiger charge is -2.35. The van der Waals surface area contributed by atoms with Gasteiger partial charge in [0.2, 0.25) is 0 Å². The van der Waals surface area contributed by atoms with E-state index in [4.69, 9.17) is 9.47 Å². The van der Waals surface area contributed by atoms with Crippen molar-refractivity contribution in [3.63, 3.8) is 0 Å². The van der Waals surface area contributed by atoms with Crippen LogP contribution in [0.15, 0.2) is 0 Å². The molecule has 0 amide bonds. The molecule has 0 aromatic rings. The third-order valence-corrected chi connectivity index (χ3v) is 2.52. The monoisotopic (exact) mass is 173 g/mol. The number of methoxy groups -OCH3 is 2. The van der Waals surface area contributed by atoms with E-state index >= 15 is 0 Å². The molecule has 0 radical (unpaired) electrons. The highest BCUT2D eigenvalue weighted by Gasteiger charge is 2.28. The fourth-order valence-corrected chi connectivity index (χ4v) is 1.34. The van der Waals surface area contributed by atoms with Crippen LogP contribution in [0.1, 0.15) is 19.8 Å². The zero-order valence-electron chi connectivity index (χ0n) is 8.17. The van der Waals surface area contributed by atoms with Crippen molar-refractivity contribution in [1.29, 1.82) is 0 Å². The Labute approximate surface area is 74.4 Å². The van der Waals surface area contributed by atoms with E-state index in [2.05, 4.69) is 12.2 Å². The van der Waals surface area contributed by atoms with E-state index in [1.165, 1.54) is 0 Å². The van der Waals surface area contributed by atoms with Crippen LogP contribution in [0.5, 0.6) is 0 Å². The molecule has 0 saturated heterocycles. The molecule has 1 aliphatic rings. The molecule has 3 nitrogen and oxygen atoms in total. The third kappa shape index (κ3) is 2.73. The maximum Gasteiger partial charge on any atom is 0.0667 e. The van der Waals surface area contributed by atoms with Crippen molar-refractivity contribution in [3.8, 4) is 0 Å². The molecule has 0 bridgehead atoms. The second-order valence-corrected chi connectivity index (χ2v) is 3.48. The second-order valence-electron chi connectivity index (χ2n) is 3.48. The van der Waals surface area contributed by atoms with Gasteiger partial charge in [-0.25, -0.2) is 0 Å². The van der Waals surface area contributed by atoms with Gasteiger partial charge in [-0.15, -0.1) is 0 Å². The van der Waals surface area contributed by atoms with Crippen LogP contribution in [0.2, 0.25) is 0 Å². The molecule has 12 heavy (non-hydrogen) atoms. The summed E-state index contributed by atoms with van der Waals surface area (Å²) in [6, 6.07) is 0.646. The molecule has 1 N–H and O–H groups in total. The average Bonchev–Trinajstić information content (AvgIpc) is 2.01. The van der Waals surface area contributed by atoms with Gasteiger partial charge in [-0.3, -0.25) is 0 Å². The second kappa shape index (κ2) is 4.80. The molecule has 3 heteroatoms. The third-order valence-electron chi connectivity index (χ3n) is 2.52. The Hall–Kier alpha value is -0.120. The summed E-state index contributed by atoms with van der Waals surface area (Å²) in [6.45, 7) is 3.01. The van der Waals surface area contributed by atoms with Crippen molar-refractivity contribution < 1.29 is 9.47 Å². The van der Waals surface area contributed by atoms with Gasteiger partial charge in [-0.2, -0.15) is 0 Å². The molecule has 1 rings (SSSR count). The zero-order chi connectivity index (χ0) is 8.97. The molecule has 0 aromatic heterocycles. The molecular weight excluding hydrogens is 154 g/mol. The van der Waals surface area contributed by atoms with E-state index in [0.29, 0.717) is 18.2 Å². The molecule has 1 atom stereocenters. The minimum absolute atomic E-state index is 0.312. The van der Waals surface area contributed by atoms with Crippen LogP contribution >= 0.6 is 0 Å².